The number of hydrazone groups is 1. The van der Waals surface area contributed by atoms with Crippen molar-refractivity contribution in [3.05, 3.63) is 30.1 Å². The number of aromatic nitrogens is 1. The average Bonchev–Trinajstić information content (AvgIpc) is 2.77. The summed E-state index contributed by atoms with van der Waals surface area (Å²) in [5, 5.41) is 13.6. The van der Waals surface area contributed by atoms with E-state index in [9.17, 15) is 23.1 Å². The number of aliphatic hydroxyl groups is 1. The van der Waals surface area contributed by atoms with Gasteiger partial charge in [-0.15, -0.1) is 0 Å². The van der Waals surface area contributed by atoms with E-state index in [0.717, 1.165) is 0 Å². The number of carbonyl (C=O) groups is 1. The third-order valence-electron chi connectivity index (χ3n) is 3.00. The Kier molecular flexibility index (Phi) is 4.10. The lowest BCUT2D eigenvalue weighted by molar-refractivity contribution is -0.300. The van der Waals surface area contributed by atoms with Gasteiger partial charge in [0.2, 0.25) is 0 Å². The average molecular weight is 331 g/mol. The first-order chi connectivity index (χ1) is 10.4. The van der Waals surface area contributed by atoms with Gasteiger partial charge >= 0.3 is 12.3 Å². The Hall–Kier alpha value is -2.16. The molecule has 0 radical (unpaired) electrons. The second kappa shape index (κ2) is 5.48. The van der Waals surface area contributed by atoms with Crippen LogP contribution in [0.25, 0.3) is 0 Å². The number of halogens is 3. The minimum Gasteiger partial charge on any atom is -0.442 e. The molecule has 0 spiro atoms. The molecule has 1 aliphatic heterocycles. The zero-order valence-corrected chi connectivity index (χ0v) is 12.8. The number of pyridine rings is 1. The lowest BCUT2D eigenvalue weighted by atomic mass is 10.0. The maximum Gasteiger partial charge on any atom is 0.439 e. The summed E-state index contributed by atoms with van der Waals surface area (Å²) in [6, 6.07) is 3.00. The minimum atomic E-state index is -5.10. The molecule has 1 amide bonds. The van der Waals surface area contributed by atoms with Gasteiger partial charge in [-0.05, 0) is 26.8 Å². The SMILES string of the molecule is CC(C)(C)OC(=O)N1N=C(c2cccnc2)CC1(O)C(F)(F)F. The summed E-state index contributed by atoms with van der Waals surface area (Å²) in [5.74, 6) is 0. The number of hydrogen-bond donors (Lipinski definition) is 1. The number of nitrogens with zero attached hydrogens (tertiary/aromatic N) is 3. The molecule has 0 saturated heterocycles. The number of amides is 1. The standard InChI is InChI=1S/C14H16F3N3O3/c1-12(2,3)23-11(21)20-13(22,14(15,16)17)7-10(19-20)9-5-4-6-18-8-9/h4-6,8,22H,7H2,1-3H3. The van der Waals surface area contributed by atoms with Crippen LogP contribution in [0.5, 0.6) is 0 Å². The topological polar surface area (TPSA) is 75.0 Å². The lowest BCUT2D eigenvalue weighted by Crippen LogP contribution is -2.57. The molecule has 0 saturated carbocycles. The van der Waals surface area contributed by atoms with E-state index in [4.69, 9.17) is 4.74 Å². The van der Waals surface area contributed by atoms with Crippen molar-refractivity contribution < 1.29 is 27.8 Å². The minimum absolute atomic E-state index is 0.0550. The lowest BCUT2D eigenvalue weighted by Gasteiger charge is -2.33. The maximum atomic E-state index is 13.3. The molecular formula is C14H16F3N3O3. The quantitative estimate of drug-likeness (QED) is 0.858. The third kappa shape index (κ3) is 3.44. The zero-order chi connectivity index (χ0) is 17.5. The Labute approximate surface area is 130 Å². The molecule has 23 heavy (non-hydrogen) atoms. The summed E-state index contributed by atoms with van der Waals surface area (Å²) in [4.78, 5) is 15.8. The van der Waals surface area contributed by atoms with E-state index in [0.29, 0.717) is 0 Å². The number of ether oxygens (including phenoxy) is 1. The van der Waals surface area contributed by atoms with Gasteiger partial charge in [0.1, 0.15) is 5.60 Å². The molecule has 1 aliphatic rings. The van der Waals surface area contributed by atoms with Gasteiger partial charge in [-0.1, -0.05) is 6.07 Å². The molecule has 9 heteroatoms. The molecule has 2 rings (SSSR count). The zero-order valence-electron chi connectivity index (χ0n) is 12.8. The molecule has 1 atom stereocenters. The summed E-state index contributed by atoms with van der Waals surface area (Å²) in [6.45, 7) is 4.50. The van der Waals surface area contributed by atoms with Crippen molar-refractivity contribution in [3.63, 3.8) is 0 Å². The molecule has 126 valence electrons. The summed E-state index contributed by atoms with van der Waals surface area (Å²) in [5.41, 5.74) is -4.32. The Bertz CT molecular complexity index is 626. The Morgan fingerprint density at radius 3 is 2.52 bits per heavy atom. The van der Waals surface area contributed by atoms with Crippen LogP contribution < -0.4 is 0 Å². The van der Waals surface area contributed by atoms with E-state index in [-0.39, 0.29) is 16.3 Å². The summed E-state index contributed by atoms with van der Waals surface area (Å²) >= 11 is 0. The molecule has 6 nitrogen and oxygen atoms in total. The van der Waals surface area contributed by atoms with E-state index in [1.165, 1.54) is 45.3 Å². The molecule has 0 fully saturated rings. The highest BCUT2D eigenvalue weighted by Gasteiger charge is 2.64. The van der Waals surface area contributed by atoms with Gasteiger partial charge in [0.25, 0.3) is 5.72 Å². The number of alkyl halides is 3. The summed E-state index contributed by atoms with van der Waals surface area (Å²) < 4.78 is 44.8. The van der Waals surface area contributed by atoms with Crippen LogP contribution in [-0.4, -0.2) is 44.4 Å². The van der Waals surface area contributed by atoms with Crippen LogP contribution >= 0.6 is 0 Å². The summed E-state index contributed by atoms with van der Waals surface area (Å²) in [6.07, 6.45) is -4.63. The van der Waals surface area contributed by atoms with Gasteiger partial charge in [-0.2, -0.15) is 23.3 Å². The first-order valence-electron chi connectivity index (χ1n) is 6.74. The Balaban J connectivity index is 2.41. The molecule has 1 aromatic rings. The summed E-state index contributed by atoms with van der Waals surface area (Å²) in [7, 11) is 0. The van der Waals surface area contributed by atoms with Gasteiger partial charge in [0.15, 0.2) is 0 Å². The first-order valence-corrected chi connectivity index (χ1v) is 6.74. The van der Waals surface area contributed by atoms with Crippen LogP contribution in [-0.2, 0) is 4.74 Å². The number of carbonyl (C=O) groups excluding carboxylic acids is 1. The van der Waals surface area contributed by atoms with Crippen molar-refractivity contribution in [2.24, 2.45) is 5.10 Å². The van der Waals surface area contributed by atoms with E-state index in [1.807, 2.05) is 0 Å². The van der Waals surface area contributed by atoms with Crippen LogP contribution in [0.4, 0.5) is 18.0 Å². The smallest absolute Gasteiger partial charge is 0.439 e. The van der Waals surface area contributed by atoms with Gasteiger partial charge in [0.05, 0.1) is 12.1 Å². The molecule has 0 aliphatic carbocycles. The first kappa shape index (κ1) is 17.2. The fourth-order valence-electron chi connectivity index (χ4n) is 1.96. The van der Waals surface area contributed by atoms with Crippen LogP contribution in [0.15, 0.2) is 29.6 Å². The van der Waals surface area contributed by atoms with E-state index < -0.39 is 30.0 Å². The monoisotopic (exact) mass is 331 g/mol. The second-order valence-electron chi connectivity index (χ2n) is 6.07. The van der Waals surface area contributed by atoms with Crippen LogP contribution in [0.3, 0.4) is 0 Å². The molecule has 1 aromatic heterocycles. The van der Waals surface area contributed by atoms with Crippen LogP contribution in [0.2, 0.25) is 0 Å². The molecule has 1 unspecified atom stereocenters. The van der Waals surface area contributed by atoms with Crippen molar-refractivity contribution in [2.45, 2.75) is 44.7 Å². The van der Waals surface area contributed by atoms with Gasteiger partial charge in [-0.25, -0.2) is 4.79 Å². The van der Waals surface area contributed by atoms with Crippen LogP contribution in [0.1, 0.15) is 32.8 Å². The van der Waals surface area contributed by atoms with Crippen molar-refractivity contribution in [3.8, 4) is 0 Å². The predicted octanol–water partition coefficient (Wildman–Crippen LogP) is 2.68. The van der Waals surface area contributed by atoms with E-state index >= 15 is 0 Å². The van der Waals surface area contributed by atoms with Crippen molar-refractivity contribution >= 4 is 11.8 Å². The number of hydrogen-bond acceptors (Lipinski definition) is 5. The maximum absolute atomic E-state index is 13.3. The largest absolute Gasteiger partial charge is 0.442 e. The van der Waals surface area contributed by atoms with Crippen LogP contribution in [0, 0.1) is 0 Å². The Morgan fingerprint density at radius 2 is 2.04 bits per heavy atom. The predicted molar refractivity (Wildman–Crippen MR) is 74.5 cm³/mol. The van der Waals surface area contributed by atoms with Gasteiger partial charge in [0, 0.05) is 18.0 Å². The fraction of sp³-hybridized carbons (Fsp3) is 0.500. The number of rotatable bonds is 1. The molecule has 0 bridgehead atoms. The van der Waals surface area contributed by atoms with Gasteiger partial charge < -0.3 is 9.84 Å². The highest BCUT2D eigenvalue weighted by atomic mass is 19.4. The second-order valence-corrected chi connectivity index (χ2v) is 6.07. The highest BCUT2D eigenvalue weighted by molar-refractivity contribution is 6.03. The third-order valence-corrected chi connectivity index (χ3v) is 3.00. The van der Waals surface area contributed by atoms with E-state index in [1.54, 1.807) is 0 Å². The van der Waals surface area contributed by atoms with Crippen molar-refractivity contribution in [1.29, 1.82) is 0 Å². The highest BCUT2D eigenvalue weighted by Crippen LogP contribution is 2.41. The van der Waals surface area contributed by atoms with E-state index in [2.05, 4.69) is 10.1 Å². The molecule has 1 N–H and O–H groups in total. The normalized spacial score (nSPS) is 22.0. The van der Waals surface area contributed by atoms with Crippen molar-refractivity contribution in [1.82, 2.24) is 9.99 Å². The molecule has 0 aromatic carbocycles. The Morgan fingerprint density at radius 1 is 1.39 bits per heavy atom. The molecular weight excluding hydrogens is 315 g/mol. The van der Waals surface area contributed by atoms with Crippen molar-refractivity contribution in [2.75, 3.05) is 0 Å². The molecule has 2 heterocycles. The van der Waals surface area contributed by atoms with Gasteiger partial charge in [-0.3, -0.25) is 4.98 Å². The fourth-order valence-corrected chi connectivity index (χ4v) is 1.96.